The van der Waals surface area contributed by atoms with Crippen molar-refractivity contribution in [1.82, 2.24) is 4.90 Å². The SMILES string of the molecule is Cc1ccc(S(=O)(=O)C=C(N)N(C)C)cc1. The van der Waals surface area contributed by atoms with Gasteiger partial charge in [0.25, 0.3) is 0 Å². The zero-order chi connectivity index (χ0) is 12.3. The average molecular weight is 240 g/mol. The number of rotatable bonds is 3. The Morgan fingerprint density at radius 3 is 2.19 bits per heavy atom. The monoisotopic (exact) mass is 240 g/mol. The molecular formula is C11H16N2O2S. The van der Waals surface area contributed by atoms with Crippen LogP contribution in [0.5, 0.6) is 0 Å². The quantitative estimate of drug-likeness (QED) is 0.859. The summed E-state index contributed by atoms with van der Waals surface area (Å²) < 4.78 is 23.8. The van der Waals surface area contributed by atoms with E-state index in [0.29, 0.717) is 0 Å². The summed E-state index contributed by atoms with van der Waals surface area (Å²) in [5.41, 5.74) is 6.59. The van der Waals surface area contributed by atoms with Crippen LogP contribution in [-0.4, -0.2) is 27.4 Å². The fourth-order valence-corrected chi connectivity index (χ4v) is 2.24. The molecule has 16 heavy (non-hydrogen) atoms. The van der Waals surface area contributed by atoms with Crippen LogP contribution in [0.1, 0.15) is 5.56 Å². The highest BCUT2D eigenvalue weighted by molar-refractivity contribution is 7.94. The van der Waals surface area contributed by atoms with E-state index in [9.17, 15) is 8.42 Å². The first-order chi connectivity index (χ1) is 7.33. The summed E-state index contributed by atoms with van der Waals surface area (Å²) >= 11 is 0. The van der Waals surface area contributed by atoms with Gasteiger partial charge < -0.3 is 10.6 Å². The van der Waals surface area contributed by atoms with Gasteiger partial charge in [-0.25, -0.2) is 8.42 Å². The molecule has 0 amide bonds. The molecule has 0 radical (unpaired) electrons. The second-order valence-electron chi connectivity index (χ2n) is 3.80. The van der Waals surface area contributed by atoms with Gasteiger partial charge in [0.2, 0.25) is 9.84 Å². The van der Waals surface area contributed by atoms with Gasteiger partial charge in [0.1, 0.15) is 5.82 Å². The van der Waals surface area contributed by atoms with E-state index < -0.39 is 9.84 Å². The molecule has 1 aromatic carbocycles. The maximum atomic E-state index is 11.9. The Labute approximate surface area is 96.3 Å². The van der Waals surface area contributed by atoms with E-state index in [0.717, 1.165) is 11.0 Å². The van der Waals surface area contributed by atoms with E-state index in [1.165, 1.54) is 0 Å². The third kappa shape index (κ3) is 3.00. The molecule has 4 nitrogen and oxygen atoms in total. The lowest BCUT2D eigenvalue weighted by Crippen LogP contribution is -2.19. The van der Waals surface area contributed by atoms with Crippen molar-refractivity contribution in [2.45, 2.75) is 11.8 Å². The van der Waals surface area contributed by atoms with Gasteiger partial charge in [0, 0.05) is 14.1 Å². The first-order valence-electron chi connectivity index (χ1n) is 4.79. The lowest BCUT2D eigenvalue weighted by Gasteiger charge is -2.11. The largest absolute Gasteiger partial charge is 0.385 e. The molecule has 0 spiro atoms. The molecule has 1 rings (SSSR count). The molecule has 0 bridgehead atoms. The Morgan fingerprint density at radius 2 is 1.75 bits per heavy atom. The number of nitrogens with two attached hydrogens (primary N) is 1. The highest BCUT2D eigenvalue weighted by atomic mass is 32.2. The molecule has 1 aromatic rings. The summed E-state index contributed by atoms with van der Waals surface area (Å²) in [5.74, 6) is 0.209. The van der Waals surface area contributed by atoms with Crippen molar-refractivity contribution < 1.29 is 8.42 Å². The maximum absolute atomic E-state index is 11.9. The lowest BCUT2D eigenvalue weighted by molar-refractivity contribution is 0.506. The molecule has 0 unspecified atom stereocenters. The molecule has 0 saturated heterocycles. The van der Waals surface area contributed by atoms with Gasteiger partial charge in [-0.1, -0.05) is 17.7 Å². The van der Waals surface area contributed by atoms with Gasteiger partial charge in [0.15, 0.2) is 0 Å². The zero-order valence-electron chi connectivity index (χ0n) is 9.64. The fourth-order valence-electron chi connectivity index (χ4n) is 1.06. The number of hydrogen-bond donors (Lipinski definition) is 1. The molecule has 88 valence electrons. The summed E-state index contributed by atoms with van der Waals surface area (Å²) in [5, 5.41) is 1.07. The van der Waals surface area contributed by atoms with E-state index in [1.54, 1.807) is 43.3 Å². The van der Waals surface area contributed by atoms with Crippen molar-refractivity contribution in [2.24, 2.45) is 5.73 Å². The van der Waals surface area contributed by atoms with Crippen LogP contribution in [0.4, 0.5) is 0 Å². The van der Waals surface area contributed by atoms with Crippen molar-refractivity contribution in [3.05, 3.63) is 41.1 Å². The highest BCUT2D eigenvalue weighted by Crippen LogP contribution is 2.14. The van der Waals surface area contributed by atoms with Crippen LogP contribution in [0.3, 0.4) is 0 Å². The van der Waals surface area contributed by atoms with Gasteiger partial charge in [-0.3, -0.25) is 0 Å². The smallest absolute Gasteiger partial charge is 0.203 e. The summed E-state index contributed by atoms with van der Waals surface area (Å²) in [4.78, 5) is 1.80. The normalized spacial score (nSPS) is 12.6. The Morgan fingerprint density at radius 1 is 1.25 bits per heavy atom. The first-order valence-corrected chi connectivity index (χ1v) is 6.34. The van der Waals surface area contributed by atoms with E-state index in [1.807, 2.05) is 6.92 Å². The summed E-state index contributed by atoms with van der Waals surface area (Å²) in [6, 6.07) is 6.66. The predicted molar refractivity (Wildman–Crippen MR) is 64.3 cm³/mol. The highest BCUT2D eigenvalue weighted by Gasteiger charge is 2.12. The Kier molecular flexibility index (Phi) is 3.59. The van der Waals surface area contributed by atoms with E-state index in [4.69, 9.17) is 5.73 Å². The Balaban J connectivity index is 3.13. The minimum absolute atomic E-state index is 0.209. The number of sulfone groups is 1. The minimum atomic E-state index is -3.45. The van der Waals surface area contributed by atoms with Gasteiger partial charge in [0.05, 0.1) is 10.3 Å². The number of hydrogen-bond acceptors (Lipinski definition) is 4. The number of nitrogens with zero attached hydrogens (tertiary/aromatic N) is 1. The fraction of sp³-hybridized carbons (Fsp3) is 0.273. The topological polar surface area (TPSA) is 63.4 Å². The van der Waals surface area contributed by atoms with Crippen molar-refractivity contribution in [1.29, 1.82) is 0 Å². The van der Waals surface area contributed by atoms with E-state index >= 15 is 0 Å². The number of benzene rings is 1. The molecule has 0 atom stereocenters. The van der Waals surface area contributed by atoms with E-state index in [2.05, 4.69) is 0 Å². The molecule has 0 heterocycles. The van der Waals surface area contributed by atoms with E-state index in [-0.39, 0.29) is 10.7 Å². The number of aryl methyl sites for hydroxylation is 1. The van der Waals surface area contributed by atoms with Crippen LogP contribution in [0.15, 0.2) is 40.4 Å². The first kappa shape index (κ1) is 12.6. The van der Waals surface area contributed by atoms with Crippen LogP contribution in [-0.2, 0) is 9.84 Å². The van der Waals surface area contributed by atoms with Crippen LogP contribution in [0.2, 0.25) is 0 Å². The van der Waals surface area contributed by atoms with Crippen molar-refractivity contribution in [2.75, 3.05) is 14.1 Å². The summed E-state index contributed by atoms with van der Waals surface area (Å²) in [6.45, 7) is 1.90. The minimum Gasteiger partial charge on any atom is -0.385 e. The van der Waals surface area contributed by atoms with Gasteiger partial charge in [-0.05, 0) is 19.1 Å². The van der Waals surface area contributed by atoms with Crippen molar-refractivity contribution >= 4 is 9.84 Å². The lowest BCUT2D eigenvalue weighted by atomic mass is 10.2. The predicted octanol–water partition coefficient (Wildman–Crippen LogP) is 1.09. The summed E-state index contributed by atoms with van der Waals surface area (Å²) in [7, 11) is -0.0681. The molecule has 0 saturated carbocycles. The maximum Gasteiger partial charge on any atom is 0.203 e. The summed E-state index contributed by atoms with van der Waals surface area (Å²) in [6.07, 6.45) is 0. The molecule has 0 aromatic heterocycles. The average Bonchev–Trinajstić information content (AvgIpc) is 2.17. The Hall–Kier alpha value is -1.49. The molecule has 0 aliphatic rings. The van der Waals surface area contributed by atoms with Crippen molar-refractivity contribution in [3.8, 4) is 0 Å². The van der Waals surface area contributed by atoms with Crippen molar-refractivity contribution in [3.63, 3.8) is 0 Å². The third-order valence-electron chi connectivity index (χ3n) is 2.14. The molecule has 5 heteroatoms. The van der Waals surface area contributed by atoms with Gasteiger partial charge in [-0.2, -0.15) is 0 Å². The molecule has 0 fully saturated rings. The molecule has 0 aliphatic carbocycles. The Bertz CT molecular complexity index is 487. The van der Waals surface area contributed by atoms with Gasteiger partial charge in [-0.15, -0.1) is 0 Å². The third-order valence-corrected chi connectivity index (χ3v) is 3.62. The second kappa shape index (κ2) is 4.57. The second-order valence-corrected chi connectivity index (χ2v) is 5.59. The van der Waals surface area contributed by atoms with Crippen LogP contribution in [0.25, 0.3) is 0 Å². The molecular weight excluding hydrogens is 224 g/mol. The van der Waals surface area contributed by atoms with Crippen LogP contribution >= 0.6 is 0 Å². The zero-order valence-corrected chi connectivity index (χ0v) is 10.5. The van der Waals surface area contributed by atoms with Crippen LogP contribution < -0.4 is 5.73 Å². The van der Waals surface area contributed by atoms with Crippen LogP contribution in [0, 0.1) is 6.92 Å². The molecule has 0 aliphatic heterocycles. The standard InChI is InChI=1S/C11H16N2O2S/c1-9-4-6-10(7-5-9)16(14,15)8-11(12)13(2)3/h4-8H,12H2,1-3H3. The van der Waals surface area contributed by atoms with Gasteiger partial charge >= 0.3 is 0 Å². The molecule has 2 N–H and O–H groups in total.